The Morgan fingerprint density at radius 2 is 2.00 bits per heavy atom. The summed E-state index contributed by atoms with van der Waals surface area (Å²) in [5.74, 6) is 1.63. The molecule has 2 N–H and O–H groups in total. The van der Waals surface area contributed by atoms with Crippen molar-refractivity contribution >= 4 is 29.9 Å². The maximum absolute atomic E-state index is 4.68. The number of aliphatic imine (C=N–C) groups is 1. The van der Waals surface area contributed by atoms with E-state index in [1.807, 2.05) is 17.9 Å². The Balaban J connectivity index is 0.00000441. The van der Waals surface area contributed by atoms with Gasteiger partial charge in [-0.2, -0.15) is 5.10 Å². The van der Waals surface area contributed by atoms with E-state index in [4.69, 9.17) is 0 Å². The van der Waals surface area contributed by atoms with Gasteiger partial charge in [-0.1, -0.05) is 26.7 Å². The lowest BCUT2D eigenvalue weighted by Crippen LogP contribution is -2.38. The molecular weight excluding hydrogens is 389 g/mol. The Hall–Kier alpha value is -0.790. The van der Waals surface area contributed by atoms with E-state index in [-0.39, 0.29) is 24.0 Å². The number of hydrogen-bond donors (Lipinski definition) is 2. The van der Waals surface area contributed by atoms with E-state index in [1.165, 1.54) is 18.4 Å². The van der Waals surface area contributed by atoms with Crippen molar-refractivity contribution in [3.8, 4) is 0 Å². The van der Waals surface area contributed by atoms with Crippen LogP contribution in [-0.4, -0.2) is 35.4 Å². The van der Waals surface area contributed by atoms with E-state index >= 15 is 0 Å². The van der Waals surface area contributed by atoms with Crippen molar-refractivity contribution in [2.24, 2.45) is 18.0 Å². The number of aryl methyl sites for hydroxylation is 2. The van der Waals surface area contributed by atoms with E-state index in [2.05, 4.69) is 47.7 Å². The summed E-state index contributed by atoms with van der Waals surface area (Å²) in [5, 5.41) is 10.9. The smallest absolute Gasteiger partial charge is 0.191 e. The monoisotopic (exact) mass is 421 g/mol. The average Bonchev–Trinajstić information content (AvgIpc) is 2.90. The molecule has 5 nitrogen and oxygen atoms in total. The zero-order valence-electron chi connectivity index (χ0n) is 14.4. The Morgan fingerprint density at radius 3 is 2.55 bits per heavy atom. The summed E-state index contributed by atoms with van der Waals surface area (Å²) < 4.78 is 1.85. The van der Waals surface area contributed by atoms with Gasteiger partial charge in [0, 0.05) is 32.9 Å². The number of halogens is 1. The van der Waals surface area contributed by atoms with Crippen molar-refractivity contribution in [2.45, 2.75) is 46.5 Å². The van der Waals surface area contributed by atoms with Crippen molar-refractivity contribution in [1.29, 1.82) is 0 Å². The Kier molecular flexibility index (Phi) is 12.3. The molecule has 128 valence electrons. The van der Waals surface area contributed by atoms with Gasteiger partial charge >= 0.3 is 0 Å². The molecule has 1 aromatic rings. The molecule has 0 radical (unpaired) electrons. The molecule has 0 aromatic carbocycles. The highest BCUT2D eigenvalue weighted by atomic mass is 127. The second-order valence-corrected chi connectivity index (χ2v) is 5.45. The topological polar surface area (TPSA) is 54.2 Å². The van der Waals surface area contributed by atoms with Gasteiger partial charge in [0.2, 0.25) is 0 Å². The average molecular weight is 421 g/mol. The molecule has 1 aromatic heterocycles. The first-order valence-electron chi connectivity index (χ1n) is 8.19. The van der Waals surface area contributed by atoms with Gasteiger partial charge in [-0.25, -0.2) is 0 Å². The summed E-state index contributed by atoms with van der Waals surface area (Å²) in [6, 6.07) is 0. The van der Waals surface area contributed by atoms with Crippen LogP contribution in [0.1, 0.15) is 45.6 Å². The molecule has 0 fully saturated rings. The predicted molar refractivity (Wildman–Crippen MR) is 105 cm³/mol. The fourth-order valence-electron chi connectivity index (χ4n) is 2.21. The largest absolute Gasteiger partial charge is 0.357 e. The summed E-state index contributed by atoms with van der Waals surface area (Å²) in [6.07, 6.45) is 8.54. The van der Waals surface area contributed by atoms with E-state index in [0.29, 0.717) is 5.92 Å². The second-order valence-electron chi connectivity index (χ2n) is 5.45. The number of hydrogen-bond acceptors (Lipinski definition) is 2. The molecule has 0 spiro atoms. The van der Waals surface area contributed by atoms with Crippen LogP contribution in [0, 0.1) is 5.92 Å². The SMILES string of the molecule is CCNC(=NCC(CC)CC)NCCCc1cnn(C)c1.I. The highest BCUT2D eigenvalue weighted by Crippen LogP contribution is 2.07. The Labute approximate surface area is 152 Å². The van der Waals surface area contributed by atoms with Crippen molar-refractivity contribution in [3.63, 3.8) is 0 Å². The maximum Gasteiger partial charge on any atom is 0.191 e. The van der Waals surface area contributed by atoms with E-state index in [0.717, 1.165) is 38.4 Å². The zero-order chi connectivity index (χ0) is 15.5. The fraction of sp³-hybridized carbons (Fsp3) is 0.750. The number of nitrogens with zero attached hydrogens (tertiary/aromatic N) is 3. The number of nitrogens with one attached hydrogen (secondary N) is 2. The predicted octanol–water partition coefficient (Wildman–Crippen LogP) is 2.96. The van der Waals surface area contributed by atoms with Crippen LogP contribution in [0.4, 0.5) is 0 Å². The number of aromatic nitrogens is 2. The minimum absolute atomic E-state index is 0. The Bertz CT molecular complexity index is 412. The standard InChI is InChI=1S/C16H31N5.HI/c1-5-14(6-2)11-19-16(17-7-3)18-10-8-9-15-12-20-21(4)13-15;/h12-14H,5-11H2,1-4H3,(H2,17,18,19);1H. The van der Waals surface area contributed by atoms with Crippen LogP contribution in [-0.2, 0) is 13.5 Å². The first-order chi connectivity index (χ1) is 10.2. The molecule has 0 atom stereocenters. The molecule has 0 aliphatic carbocycles. The molecule has 0 amide bonds. The van der Waals surface area contributed by atoms with Gasteiger partial charge in [0.1, 0.15) is 0 Å². The quantitative estimate of drug-likeness (QED) is 0.279. The summed E-state index contributed by atoms with van der Waals surface area (Å²) in [4.78, 5) is 4.68. The highest BCUT2D eigenvalue weighted by molar-refractivity contribution is 14.0. The third kappa shape index (κ3) is 8.60. The van der Waals surface area contributed by atoms with Crippen LogP contribution < -0.4 is 10.6 Å². The fourth-order valence-corrected chi connectivity index (χ4v) is 2.21. The minimum atomic E-state index is 0. The van der Waals surface area contributed by atoms with Gasteiger partial charge in [0.05, 0.1) is 6.20 Å². The molecule has 22 heavy (non-hydrogen) atoms. The molecular formula is C16H32IN5. The van der Waals surface area contributed by atoms with Gasteiger partial charge < -0.3 is 10.6 Å². The molecule has 0 saturated carbocycles. The minimum Gasteiger partial charge on any atom is -0.357 e. The summed E-state index contributed by atoms with van der Waals surface area (Å²) in [7, 11) is 1.95. The third-order valence-electron chi connectivity index (χ3n) is 3.70. The maximum atomic E-state index is 4.68. The van der Waals surface area contributed by atoms with Crippen molar-refractivity contribution in [1.82, 2.24) is 20.4 Å². The molecule has 0 aliphatic rings. The van der Waals surface area contributed by atoms with Crippen molar-refractivity contribution < 1.29 is 0 Å². The zero-order valence-corrected chi connectivity index (χ0v) is 16.8. The lowest BCUT2D eigenvalue weighted by atomic mass is 10.0. The van der Waals surface area contributed by atoms with Crippen LogP contribution >= 0.6 is 24.0 Å². The Morgan fingerprint density at radius 1 is 1.27 bits per heavy atom. The van der Waals surface area contributed by atoms with Crippen LogP contribution in [0.25, 0.3) is 0 Å². The number of rotatable bonds is 9. The lowest BCUT2D eigenvalue weighted by molar-refractivity contribution is 0.504. The molecule has 0 bridgehead atoms. The summed E-state index contributed by atoms with van der Waals surface area (Å²) in [5.41, 5.74) is 1.29. The van der Waals surface area contributed by atoms with Crippen LogP contribution in [0.5, 0.6) is 0 Å². The van der Waals surface area contributed by atoms with Crippen LogP contribution in [0.2, 0.25) is 0 Å². The molecule has 6 heteroatoms. The second kappa shape index (κ2) is 12.7. The van der Waals surface area contributed by atoms with Gasteiger partial charge in [-0.3, -0.25) is 9.67 Å². The lowest BCUT2D eigenvalue weighted by Gasteiger charge is -2.13. The normalized spacial score (nSPS) is 11.4. The van der Waals surface area contributed by atoms with Crippen molar-refractivity contribution in [3.05, 3.63) is 18.0 Å². The first-order valence-corrected chi connectivity index (χ1v) is 8.19. The summed E-state index contributed by atoms with van der Waals surface area (Å²) in [6.45, 7) is 9.31. The van der Waals surface area contributed by atoms with Gasteiger partial charge in [-0.15, -0.1) is 24.0 Å². The van der Waals surface area contributed by atoms with Crippen LogP contribution in [0.15, 0.2) is 17.4 Å². The molecule has 1 rings (SSSR count). The molecule has 1 heterocycles. The third-order valence-corrected chi connectivity index (χ3v) is 3.70. The van der Waals surface area contributed by atoms with Crippen LogP contribution in [0.3, 0.4) is 0 Å². The van der Waals surface area contributed by atoms with E-state index in [9.17, 15) is 0 Å². The van der Waals surface area contributed by atoms with E-state index < -0.39 is 0 Å². The first kappa shape index (κ1) is 21.2. The molecule has 0 saturated heterocycles. The van der Waals surface area contributed by atoms with Gasteiger partial charge in [-0.05, 0) is 31.2 Å². The van der Waals surface area contributed by atoms with Gasteiger partial charge in [0.15, 0.2) is 5.96 Å². The van der Waals surface area contributed by atoms with E-state index in [1.54, 1.807) is 0 Å². The number of guanidine groups is 1. The summed E-state index contributed by atoms with van der Waals surface area (Å²) >= 11 is 0. The van der Waals surface area contributed by atoms with Crippen molar-refractivity contribution in [2.75, 3.05) is 19.6 Å². The highest BCUT2D eigenvalue weighted by Gasteiger charge is 2.03. The molecule has 0 unspecified atom stereocenters. The van der Waals surface area contributed by atoms with Gasteiger partial charge in [0.25, 0.3) is 0 Å². The molecule has 0 aliphatic heterocycles.